The van der Waals surface area contributed by atoms with Gasteiger partial charge in [0.05, 0.1) is 0 Å². The van der Waals surface area contributed by atoms with Crippen molar-refractivity contribution < 1.29 is 4.79 Å². The van der Waals surface area contributed by atoms with Crippen LogP contribution in [0.1, 0.15) is 29.4 Å². The molecule has 0 spiro atoms. The summed E-state index contributed by atoms with van der Waals surface area (Å²) < 4.78 is 0. The molecular weight excluding hydrogens is 274 g/mol. The van der Waals surface area contributed by atoms with Gasteiger partial charge < -0.3 is 21.7 Å². The van der Waals surface area contributed by atoms with Gasteiger partial charge in [-0.3, -0.25) is 4.79 Å². The number of hydrogen-bond acceptors (Lipinski definition) is 6. The lowest BCUT2D eigenvalue weighted by atomic mass is 10.3. The van der Waals surface area contributed by atoms with E-state index in [9.17, 15) is 4.79 Å². The molecule has 6 nitrogen and oxygen atoms in total. The Morgan fingerprint density at radius 2 is 2.45 bits per heavy atom. The van der Waals surface area contributed by atoms with Gasteiger partial charge in [-0.25, -0.2) is 4.98 Å². The van der Waals surface area contributed by atoms with E-state index in [0.29, 0.717) is 17.8 Å². The molecule has 2 rings (SSSR count). The molecule has 1 unspecified atom stereocenters. The van der Waals surface area contributed by atoms with E-state index in [-0.39, 0.29) is 17.8 Å². The molecule has 1 fully saturated rings. The Morgan fingerprint density at radius 1 is 1.65 bits per heavy atom. The van der Waals surface area contributed by atoms with Gasteiger partial charge >= 0.3 is 0 Å². The van der Waals surface area contributed by atoms with E-state index < -0.39 is 0 Å². The number of amides is 1. The third-order valence-electron chi connectivity index (χ3n) is 3.06. The SMILES string of the molecule is CC#CCCNC(=O)c1sc(N2CCC(N)C2)nc1N. The minimum absolute atomic E-state index is 0.171. The summed E-state index contributed by atoms with van der Waals surface area (Å²) in [6.45, 7) is 3.92. The fraction of sp³-hybridized carbons (Fsp3) is 0.538. The van der Waals surface area contributed by atoms with E-state index in [1.54, 1.807) is 6.92 Å². The number of hydrogen-bond donors (Lipinski definition) is 3. The molecule has 1 atom stereocenters. The van der Waals surface area contributed by atoms with Crippen LogP contribution >= 0.6 is 11.3 Å². The third kappa shape index (κ3) is 3.40. The van der Waals surface area contributed by atoms with Gasteiger partial charge in [-0.1, -0.05) is 11.3 Å². The van der Waals surface area contributed by atoms with Crippen LogP contribution in [-0.4, -0.2) is 36.6 Å². The molecule has 2 heterocycles. The average molecular weight is 293 g/mol. The van der Waals surface area contributed by atoms with Crippen LogP contribution in [0.4, 0.5) is 10.9 Å². The van der Waals surface area contributed by atoms with Crippen molar-refractivity contribution in [1.29, 1.82) is 0 Å². The quantitative estimate of drug-likeness (QED) is 0.552. The first-order valence-electron chi connectivity index (χ1n) is 6.56. The fourth-order valence-corrected chi connectivity index (χ4v) is 2.96. The van der Waals surface area contributed by atoms with Crippen LogP contribution in [0.5, 0.6) is 0 Å². The molecule has 1 aromatic rings. The number of anilines is 2. The zero-order chi connectivity index (χ0) is 14.5. The van der Waals surface area contributed by atoms with Crippen LogP contribution in [0.2, 0.25) is 0 Å². The highest BCUT2D eigenvalue weighted by molar-refractivity contribution is 7.18. The van der Waals surface area contributed by atoms with Gasteiger partial charge in [0.15, 0.2) is 5.13 Å². The van der Waals surface area contributed by atoms with Crippen LogP contribution in [0.25, 0.3) is 0 Å². The maximum Gasteiger partial charge on any atom is 0.265 e. The van der Waals surface area contributed by atoms with Crippen molar-refractivity contribution in [3.05, 3.63) is 4.88 Å². The van der Waals surface area contributed by atoms with Gasteiger partial charge in [-0.15, -0.1) is 11.8 Å². The molecule has 0 aliphatic carbocycles. The van der Waals surface area contributed by atoms with Crippen LogP contribution in [0.15, 0.2) is 0 Å². The summed E-state index contributed by atoms with van der Waals surface area (Å²) in [6, 6.07) is 0.171. The lowest BCUT2D eigenvalue weighted by Crippen LogP contribution is -2.26. The Kier molecular flexibility index (Phi) is 4.82. The Balaban J connectivity index is 1.99. The number of nitrogens with two attached hydrogens (primary N) is 2. The Morgan fingerprint density at radius 3 is 3.10 bits per heavy atom. The molecule has 0 saturated carbocycles. The zero-order valence-corrected chi connectivity index (χ0v) is 12.3. The number of carbonyl (C=O) groups excluding carboxylic acids is 1. The smallest absolute Gasteiger partial charge is 0.265 e. The van der Waals surface area contributed by atoms with Crippen molar-refractivity contribution in [2.45, 2.75) is 25.8 Å². The summed E-state index contributed by atoms with van der Waals surface area (Å²) in [4.78, 5) is 18.8. The van der Waals surface area contributed by atoms with Crippen molar-refractivity contribution in [2.24, 2.45) is 5.73 Å². The molecule has 1 amide bonds. The van der Waals surface area contributed by atoms with E-state index in [0.717, 1.165) is 24.6 Å². The fourth-order valence-electron chi connectivity index (χ4n) is 2.02. The normalized spacial score (nSPS) is 17.7. The highest BCUT2D eigenvalue weighted by atomic mass is 32.1. The summed E-state index contributed by atoms with van der Waals surface area (Å²) in [5.41, 5.74) is 11.7. The molecule has 1 aromatic heterocycles. The number of nitrogen functional groups attached to an aromatic ring is 1. The molecule has 0 aromatic carbocycles. The van der Waals surface area contributed by atoms with E-state index in [2.05, 4.69) is 27.0 Å². The van der Waals surface area contributed by atoms with Gasteiger partial charge in [-0.2, -0.15) is 0 Å². The maximum atomic E-state index is 12.0. The molecule has 108 valence electrons. The van der Waals surface area contributed by atoms with E-state index in [1.165, 1.54) is 11.3 Å². The number of aromatic nitrogens is 1. The van der Waals surface area contributed by atoms with Crippen LogP contribution in [-0.2, 0) is 0 Å². The van der Waals surface area contributed by atoms with Crippen molar-refractivity contribution >= 4 is 28.2 Å². The highest BCUT2D eigenvalue weighted by Crippen LogP contribution is 2.30. The predicted octanol–water partition coefficient (Wildman–Crippen LogP) is 0.406. The number of rotatable bonds is 4. The molecule has 1 saturated heterocycles. The molecule has 7 heteroatoms. The monoisotopic (exact) mass is 293 g/mol. The molecule has 1 aliphatic heterocycles. The first kappa shape index (κ1) is 14.6. The van der Waals surface area contributed by atoms with Gasteiger partial charge in [0.1, 0.15) is 10.7 Å². The Bertz CT molecular complexity index is 545. The summed E-state index contributed by atoms with van der Waals surface area (Å²) in [5.74, 6) is 5.77. The third-order valence-corrected chi connectivity index (χ3v) is 4.19. The molecular formula is C13H19N5OS. The average Bonchev–Trinajstić information content (AvgIpc) is 3.00. The van der Waals surface area contributed by atoms with E-state index in [4.69, 9.17) is 11.5 Å². The molecule has 20 heavy (non-hydrogen) atoms. The Labute approximate surface area is 122 Å². The minimum Gasteiger partial charge on any atom is -0.382 e. The van der Waals surface area contributed by atoms with Gasteiger partial charge in [-0.05, 0) is 13.3 Å². The second-order valence-electron chi connectivity index (χ2n) is 4.64. The minimum atomic E-state index is -0.187. The number of nitrogens with one attached hydrogen (secondary N) is 1. The largest absolute Gasteiger partial charge is 0.382 e. The molecule has 0 bridgehead atoms. The maximum absolute atomic E-state index is 12.0. The number of nitrogens with zero attached hydrogens (tertiary/aromatic N) is 2. The number of thiazole rings is 1. The van der Waals surface area contributed by atoms with Gasteiger partial charge in [0, 0.05) is 32.1 Å². The molecule has 0 radical (unpaired) electrons. The van der Waals surface area contributed by atoms with Crippen LogP contribution in [0, 0.1) is 11.8 Å². The van der Waals surface area contributed by atoms with Crippen LogP contribution in [0.3, 0.4) is 0 Å². The van der Waals surface area contributed by atoms with Crippen molar-refractivity contribution in [3.8, 4) is 11.8 Å². The summed E-state index contributed by atoms with van der Waals surface area (Å²) in [6.07, 6.45) is 1.57. The predicted molar refractivity (Wildman–Crippen MR) is 81.7 cm³/mol. The van der Waals surface area contributed by atoms with Gasteiger partial charge in [0.2, 0.25) is 0 Å². The Hall–Kier alpha value is -1.78. The lowest BCUT2D eigenvalue weighted by Gasteiger charge is -2.12. The number of carbonyl (C=O) groups is 1. The van der Waals surface area contributed by atoms with Crippen molar-refractivity contribution in [2.75, 3.05) is 30.3 Å². The zero-order valence-electron chi connectivity index (χ0n) is 11.5. The topological polar surface area (TPSA) is 97.3 Å². The molecule has 5 N–H and O–H groups in total. The van der Waals surface area contributed by atoms with Gasteiger partial charge in [0.25, 0.3) is 5.91 Å². The second kappa shape index (κ2) is 6.59. The van der Waals surface area contributed by atoms with E-state index in [1.807, 2.05) is 0 Å². The van der Waals surface area contributed by atoms with Crippen LogP contribution < -0.4 is 21.7 Å². The highest BCUT2D eigenvalue weighted by Gasteiger charge is 2.24. The lowest BCUT2D eigenvalue weighted by molar-refractivity contribution is 0.0959. The van der Waals surface area contributed by atoms with Crippen molar-refractivity contribution in [1.82, 2.24) is 10.3 Å². The molecule has 1 aliphatic rings. The van der Waals surface area contributed by atoms with E-state index >= 15 is 0 Å². The van der Waals surface area contributed by atoms with Crippen molar-refractivity contribution in [3.63, 3.8) is 0 Å². The standard InChI is InChI=1S/C13H19N5OS/c1-2-3-4-6-16-12(19)10-11(15)17-13(20-10)18-7-5-9(14)8-18/h9H,4-8,14-15H2,1H3,(H,16,19). The first-order chi connectivity index (χ1) is 9.61. The summed E-state index contributed by atoms with van der Waals surface area (Å²) in [5, 5.41) is 3.57. The summed E-state index contributed by atoms with van der Waals surface area (Å²) >= 11 is 1.32. The first-order valence-corrected chi connectivity index (χ1v) is 7.38. The summed E-state index contributed by atoms with van der Waals surface area (Å²) in [7, 11) is 0. The second-order valence-corrected chi connectivity index (χ2v) is 5.62.